The minimum atomic E-state index is -5.49. The molecule has 0 N–H and O–H groups in total. The van der Waals surface area contributed by atoms with Crippen LogP contribution in [0.25, 0.3) is 0 Å². The van der Waals surface area contributed by atoms with Crippen LogP contribution < -0.4 is 0 Å². The van der Waals surface area contributed by atoms with Crippen LogP contribution in [0.15, 0.2) is 0 Å². The Balaban J connectivity index is 2.46. The normalized spacial score (nSPS) is 21.9. The maximum atomic E-state index is 12.1. The highest BCUT2D eigenvalue weighted by Crippen LogP contribution is 2.36. The van der Waals surface area contributed by atoms with Gasteiger partial charge in [0.05, 0.1) is 0 Å². The number of ketones is 1. The Bertz CT molecular complexity index is 282. The minimum absolute atomic E-state index is 0.0957. The summed E-state index contributed by atoms with van der Waals surface area (Å²) >= 11 is 0. The van der Waals surface area contributed by atoms with Gasteiger partial charge < -0.3 is 4.74 Å². The van der Waals surface area contributed by atoms with Crippen LogP contribution >= 0.6 is 0 Å². The molecule has 1 saturated carbocycles. The van der Waals surface area contributed by atoms with Crippen molar-refractivity contribution in [3.63, 3.8) is 0 Å². The van der Waals surface area contributed by atoms with Crippen molar-refractivity contribution in [1.29, 1.82) is 0 Å². The van der Waals surface area contributed by atoms with E-state index in [-0.39, 0.29) is 12.2 Å². The zero-order valence-electron chi connectivity index (χ0n) is 9.27. The SMILES string of the molecule is O=C1CCCC1CCOC(C(F)(F)F)C(F)(F)F. The summed E-state index contributed by atoms with van der Waals surface area (Å²) in [5.41, 5.74) is 0. The van der Waals surface area contributed by atoms with Gasteiger partial charge in [-0.3, -0.25) is 4.79 Å². The molecule has 1 rings (SSSR count). The van der Waals surface area contributed by atoms with Crippen LogP contribution in [0.3, 0.4) is 0 Å². The molecule has 2 nitrogen and oxygen atoms in total. The Kier molecular flexibility index (Phi) is 4.63. The summed E-state index contributed by atoms with van der Waals surface area (Å²) in [4.78, 5) is 11.1. The van der Waals surface area contributed by atoms with Crippen LogP contribution in [-0.2, 0) is 9.53 Å². The number of ether oxygens (including phenoxy) is 1. The second kappa shape index (κ2) is 5.46. The summed E-state index contributed by atoms with van der Waals surface area (Å²) in [5.74, 6) is -0.582. The predicted octanol–water partition coefficient (Wildman–Crippen LogP) is 3.26. The molecular formula is C10H12F6O2. The molecule has 18 heavy (non-hydrogen) atoms. The lowest BCUT2D eigenvalue weighted by molar-refractivity contribution is -0.322. The molecule has 0 spiro atoms. The second-order valence-electron chi connectivity index (χ2n) is 4.18. The molecule has 1 aliphatic rings. The number of rotatable bonds is 4. The molecule has 0 amide bonds. The van der Waals surface area contributed by atoms with Gasteiger partial charge in [-0.1, -0.05) is 0 Å². The topological polar surface area (TPSA) is 26.3 Å². The van der Waals surface area contributed by atoms with Crippen molar-refractivity contribution in [3.8, 4) is 0 Å². The highest BCUT2D eigenvalue weighted by atomic mass is 19.4. The third-order valence-corrected chi connectivity index (χ3v) is 2.78. The maximum Gasteiger partial charge on any atom is 0.423 e. The summed E-state index contributed by atoms with van der Waals surface area (Å²) in [5, 5.41) is 0. The third-order valence-electron chi connectivity index (χ3n) is 2.78. The van der Waals surface area contributed by atoms with Crippen molar-refractivity contribution in [3.05, 3.63) is 0 Å². The molecule has 1 aliphatic carbocycles. The summed E-state index contributed by atoms with van der Waals surface area (Å²) in [6.07, 6.45) is -13.4. The van der Waals surface area contributed by atoms with Gasteiger partial charge in [0.25, 0.3) is 0 Å². The van der Waals surface area contributed by atoms with E-state index in [1.54, 1.807) is 0 Å². The lowest BCUT2D eigenvalue weighted by Crippen LogP contribution is -2.44. The standard InChI is InChI=1S/C10H12F6O2/c11-9(12,13)8(10(14,15)16)18-5-4-6-2-1-3-7(6)17/h6,8H,1-5H2. The summed E-state index contributed by atoms with van der Waals surface area (Å²) in [6, 6.07) is 0. The molecule has 8 heteroatoms. The zero-order chi connectivity index (χ0) is 14.0. The van der Waals surface area contributed by atoms with Gasteiger partial charge in [0.2, 0.25) is 6.10 Å². The van der Waals surface area contributed by atoms with Crippen molar-refractivity contribution in [2.45, 2.75) is 44.1 Å². The first-order chi connectivity index (χ1) is 8.12. The number of carbonyl (C=O) groups excluding carboxylic acids is 1. The van der Waals surface area contributed by atoms with Crippen LogP contribution in [0.4, 0.5) is 26.3 Å². The molecule has 0 aromatic rings. The summed E-state index contributed by atoms with van der Waals surface area (Å²) in [7, 11) is 0. The molecule has 0 aromatic carbocycles. The quantitative estimate of drug-likeness (QED) is 0.738. The lowest BCUT2D eigenvalue weighted by Gasteiger charge is -2.23. The van der Waals surface area contributed by atoms with Gasteiger partial charge in [-0.25, -0.2) is 0 Å². The molecule has 0 aliphatic heterocycles. The van der Waals surface area contributed by atoms with Gasteiger partial charge >= 0.3 is 12.4 Å². The third kappa shape index (κ3) is 4.15. The van der Waals surface area contributed by atoms with E-state index in [0.717, 1.165) is 0 Å². The van der Waals surface area contributed by atoms with E-state index in [1.165, 1.54) is 0 Å². The Morgan fingerprint density at radius 3 is 2.11 bits per heavy atom. The number of halogens is 6. The summed E-state index contributed by atoms with van der Waals surface area (Å²) < 4.78 is 76.4. The summed E-state index contributed by atoms with van der Waals surface area (Å²) in [6.45, 7) is -0.722. The molecule has 1 unspecified atom stereocenters. The fourth-order valence-corrected chi connectivity index (χ4v) is 1.90. The van der Waals surface area contributed by atoms with Crippen LogP contribution in [0.2, 0.25) is 0 Å². The van der Waals surface area contributed by atoms with Gasteiger partial charge in [-0.05, 0) is 19.3 Å². The van der Waals surface area contributed by atoms with E-state index in [1.807, 2.05) is 0 Å². The van der Waals surface area contributed by atoms with Crippen LogP contribution in [0.1, 0.15) is 25.7 Å². The monoisotopic (exact) mass is 278 g/mol. The Hall–Kier alpha value is -0.790. The molecular weight excluding hydrogens is 266 g/mol. The first-order valence-corrected chi connectivity index (χ1v) is 5.40. The minimum Gasteiger partial charge on any atom is -0.361 e. The molecule has 0 heterocycles. The number of hydrogen-bond acceptors (Lipinski definition) is 2. The molecule has 0 aromatic heterocycles. The predicted molar refractivity (Wildman–Crippen MR) is 48.8 cm³/mol. The van der Waals surface area contributed by atoms with E-state index < -0.39 is 31.0 Å². The number of alkyl halides is 6. The van der Waals surface area contributed by atoms with E-state index in [9.17, 15) is 31.1 Å². The van der Waals surface area contributed by atoms with Crippen molar-refractivity contribution < 1.29 is 35.9 Å². The zero-order valence-corrected chi connectivity index (χ0v) is 9.27. The highest BCUT2D eigenvalue weighted by molar-refractivity contribution is 5.82. The van der Waals surface area contributed by atoms with Crippen molar-refractivity contribution in [2.24, 2.45) is 5.92 Å². The van der Waals surface area contributed by atoms with Gasteiger partial charge in [-0.15, -0.1) is 0 Å². The van der Waals surface area contributed by atoms with Gasteiger partial charge in [0, 0.05) is 18.9 Å². The number of hydrogen-bond donors (Lipinski definition) is 0. The Morgan fingerprint density at radius 1 is 1.17 bits per heavy atom. The van der Waals surface area contributed by atoms with Gasteiger partial charge in [0.1, 0.15) is 5.78 Å². The van der Waals surface area contributed by atoms with Crippen LogP contribution in [0.5, 0.6) is 0 Å². The fourth-order valence-electron chi connectivity index (χ4n) is 1.90. The van der Waals surface area contributed by atoms with E-state index in [2.05, 4.69) is 4.74 Å². The molecule has 0 bridgehead atoms. The first-order valence-electron chi connectivity index (χ1n) is 5.40. The van der Waals surface area contributed by atoms with Gasteiger partial charge in [-0.2, -0.15) is 26.3 Å². The van der Waals surface area contributed by atoms with Crippen molar-refractivity contribution in [2.75, 3.05) is 6.61 Å². The fraction of sp³-hybridized carbons (Fsp3) is 0.900. The van der Waals surface area contributed by atoms with Crippen molar-refractivity contribution in [1.82, 2.24) is 0 Å². The number of carbonyl (C=O) groups is 1. The lowest BCUT2D eigenvalue weighted by atomic mass is 10.0. The highest BCUT2D eigenvalue weighted by Gasteiger charge is 2.57. The maximum absolute atomic E-state index is 12.1. The largest absolute Gasteiger partial charge is 0.423 e. The van der Waals surface area contributed by atoms with Crippen molar-refractivity contribution >= 4 is 5.78 Å². The van der Waals surface area contributed by atoms with E-state index in [4.69, 9.17) is 0 Å². The number of Topliss-reactive ketones (excluding diaryl/α,β-unsaturated/α-hetero) is 1. The molecule has 1 atom stereocenters. The Morgan fingerprint density at radius 2 is 1.72 bits per heavy atom. The smallest absolute Gasteiger partial charge is 0.361 e. The van der Waals surface area contributed by atoms with E-state index in [0.29, 0.717) is 19.3 Å². The Labute approximate surface area is 99.3 Å². The second-order valence-corrected chi connectivity index (χ2v) is 4.18. The molecule has 0 saturated heterocycles. The molecule has 0 radical (unpaired) electrons. The van der Waals surface area contributed by atoms with Crippen LogP contribution in [0, 0.1) is 5.92 Å². The van der Waals surface area contributed by atoms with Crippen LogP contribution in [-0.4, -0.2) is 30.8 Å². The van der Waals surface area contributed by atoms with Gasteiger partial charge in [0.15, 0.2) is 0 Å². The average molecular weight is 278 g/mol. The molecule has 106 valence electrons. The first kappa shape index (κ1) is 15.3. The average Bonchev–Trinajstić information content (AvgIpc) is 2.55. The van der Waals surface area contributed by atoms with E-state index >= 15 is 0 Å². The molecule has 1 fully saturated rings.